The number of hydrogen-bond acceptors (Lipinski definition) is 2. The van der Waals surface area contributed by atoms with Crippen molar-refractivity contribution in [3.05, 3.63) is 63.9 Å². The lowest BCUT2D eigenvalue weighted by Gasteiger charge is -2.10. The van der Waals surface area contributed by atoms with Gasteiger partial charge in [-0.3, -0.25) is 0 Å². The summed E-state index contributed by atoms with van der Waals surface area (Å²) < 4.78 is 18.8. The maximum atomic E-state index is 13.0. The largest absolute Gasteiger partial charge is 0.380 e. The van der Waals surface area contributed by atoms with E-state index in [1.165, 1.54) is 12.1 Å². The first kappa shape index (κ1) is 14.0. The van der Waals surface area contributed by atoms with Gasteiger partial charge >= 0.3 is 0 Å². The van der Waals surface area contributed by atoms with Crippen molar-refractivity contribution in [1.29, 1.82) is 0 Å². The lowest BCUT2D eigenvalue weighted by molar-refractivity contribution is 0.185. The van der Waals surface area contributed by atoms with Crippen LogP contribution in [-0.4, -0.2) is 7.11 Å². The second-order valence-corrected chi connectivity index (χ2v) is 5.09. The zero-order valence-corrected chi connectivity index (χ0v) is 12.2. The Morgan fingerprint density at radius 1 is 1.16 bits per heavy atom. The lowest BCUT2D eigenvalue weighted by Crippen LogP contribution is -2.01. The molecule has 0 fully saturated rings. The Kier molecular flexibility index (Phi) is 4.93. The van der Waals surface area contributed by atoms with E-state index in [4.69, 9.17) is 4.74 Å². The Morgan fingerprint density at radius 3 is 2.68 bits per heavy atom. The maximum Gasteiger partial charge on any atom is 0.124 e. The second kappa shape index (κ2) is 6.68. The van der Waals surface area contributed by atoms with Gasteiger partial charge in [-0.1, -0.05) is 24.3 Å². The number of ether oxygens (including phenoxy) is 1. The topological polar surface area (TPSA) is 21.3 Å². The van der Waals surface area contributed by atoms with Crippen LogP contribution in [0, 0.1) is 5.82 Å². The van der Waals surface area contributed by atoms with E-state index in [1.54, 1.807) is 13.2 Å². The number of rotatable bonds is 5. The van der Waals surface area contributed by atoms with E-state index in [0.717, 1.165) is 21.3 Å². The SMILES string of the molecule is COCc1cccc(CNc2ccc(F)cc2Br)c1. The fourth-order valence-corrected chi connectivity index (χ4v) is 2.32. The maximum absolute atomic E-state index is 13.0. The zero-order valence-electron chi connectivity index (χ0n) is 10.6. The van der Waals surface area contributed by atoms with Crippen molar-refractivity contribution in [3.8, 4) is 0 Å². The Labute approximate surface area is 120 Å². The highest BCUT2D eigenvalue weighted by molar-refractivity contribution is 9.10. The van der Waals surface area contributed by atoms with Crippen molar-refractivity contribution in [1.82, 2.24) is 0 Å². The third-order valence-corrected chi connectivity index (χ3v) is 3.37. The second-order valence-electron chi connectivity index (χ2n) is 4.23. The van der Waals surface area contributed by atoms with E-state index in [-0.39, 0.29) is 5.82 Å². The van der Waals surface area contributed by atoms with Crippen LogP contribution in [0.4, 0.5) is 10.1 Å². The molecule has 0 unspecified atom stereocenters. The molecule has 0 atom stereocenters. The zero-order chi connectivity index (χ0) is 13.7. The quantitative estimate of drug-likeness (QED) is 0.883. The van der Waals surface area contributed by atoms with Crippen LogP contribution in [0.25, 0.3) is 0 Å². The van der Waals surface area contributed by atoms with Crippen LogP contribution in [0.2, 0.25) is 0 Å². The number of nitrogens with one attached hydrogen (secondary N) is 1. The normalized spacial score (nSPS) is 10.5. The molecule has 100 valence electrons. The van der Waals surface area contributed by atoms with Crippen molar-refractivity contribution < 1.29 is 9.13 Å². The highest BCUT2D eigenvalue weighted by Crippen LogP contribution is 2.23. The standard InChI is InChI=1S/C15H15BrFNO/c1-19-10-12-4-2-3-11(7-12)9-18-15-6-5-13(17)8-14(15)16/h2-8,18H,9-10H2,1H3. The lowest BCUT2D eigenvalue weighted by atomic mass is 10.1. The number of methoxy groups -OCH3 is 1. The van der Waals surface area contributed by atoms with Crippen molar-refractivity contribution in [2.24, 2.45) is 0 Å². The fourth-order valence-electron chi connectivity index (χ4n) is 1.83. The first-order valence-corrected chi connectivity index (χ1v) is 6.74. The van der Waals surface area contributed by atoms with Crippen molar-refractivity contribution in [3.63, 3.8) is 0 Å². The minimum Gasteiger partial charge on any atom is -0.380 e. The van der Waals surface area contributed by atoms with Gasteiger partial charge in [0.1, 0.15) is 5.82 Å². The number of halogens is 2. The van der Waals surface area contributed by atoms with Crippen LogP contribution in [0.5, 0.6) is 0 Å². The highest BCUT2D eigenvalue weighted by Gasteiger charge is 2.02. The van der Waals surface area contributed by atoms with Crippen LogP contribution >= 0.6 is 15.9 Å². The molecule has 2 aromatic rings. The van der Waals surface area contributed by atoms with Gasteiger partial charge in [0.05, 0.1) is 6.61 Å². The van der Waals surface area contributed by atoms with Gasteiger partial charge in [-0.25, -0.2) is 4.39 Å². The molecule has 0 aliphatic rings. The van der Waals surface area contributed by atoms with Crippen LogP contribution in [0.3, 0.4) is 0 Å². The monoisotopic (exact) mass is 323 g/mol. The van der Waals surface area contributed by atoms with E-state index in [0.29, 0.717) is 13.2 Å². The molecule has 0 spiro atoms. The van der Waals surface area contributed by atoms with E-state index in [1.807, 2.05) is 18.2 Å². The molecule has 1 N–H and O–H groups in total. The average molecular weight is 324 g/mol. The smallest absolute Gasteiger partial charge is 0.124 e. The highest BCUT2D eigenvalue weighted by atomic mass is 79.9. The molecule has 0 amide bonds. The fraction of sp³-hybridized carbons (Fsp3) is 0.200. The van der Waals surface area contributed by atoms with Gasteiger partial charge < -0.3 is 10.1 Å². The molecule has 0 bridgehead atoms. The minimum absolute atomic E-state index is 0.250. The predicted molar refractivity (Wildman–Crippen MR) is 78.6 cm³/mol. The van der Waals surface area contributed by atoms with E-state index in [2.05, 4.69) is 27.3 Å². The Balaban J connectivity index is 2.03. The molecule has 0 heterocycles. The molecule has 2 rings (SSSR count). The first-order valence-electron chi connectivity index (χ1n) is 5.94. The Hall–Kier alpha value is -1.39. The van der Waals surface area contributed by atoms with Crippen LogP contribution in [0.1, 0.15) is 11.1 Å². The van der Waals surface area contributed by atoms with Crippen molar-refractivity contribution in [2.75, 3.05) is 12.4 Å². The molecule has 0 aliphatic heterocycles. The molecule has 0 radical (unpaired) electrons. The third kappa shape index (κ3) is 4.04. The van der Waals surface area contributed by atoms with Crippen LogP contribution in [0.15, 0.2) is 46.9 Å². The minimum atomic E-state index is -0.250. The van der Waals surface area contributed by atoms with Gasteiger partial charge in [0.25, 0.3) is 0 Å². The summed E-state index contributed by atoms with van der Waals surface area (Å²) in [7, 11) is 1.68. The van der Waals surface area contributed by atoms with Crippen LogP contribution in [-0.2, 0) is 17.9 Å². The summed E-state index contributed by atoms with van der Waals surface area (Å²) in [4.78, 5) is 0. The van der Waals surface area contributed by atoms with Gasteiger partial charge in [-0.05, 0) is 45.3 Å². The molecular formula is C15H15BrFNO. The molecule has 19 heavy (non-hydrogen) atoms. The number of hydrogen-bond donors (Lipinski definition) is 1. The molecule has 0 saturated carbocycles. The van der Waals surface area contributed by atoms with Gasteiger partial charge in [-0.2, -0.15) is 0 Å². The molecule has 0 aromatic heterocycles. The molecule has 0 aliphatic carbocycles. The van der Waals surface area contributed by atoms with Crippen LogP contribution < -0.4 is 5.32 Å². The molecule has 0 saturated heterocycles. The summed E-state index contributed by atoms with van der Waals surface area (Å²) in [6.07, 6.45) is 0. The summed E-state index contributed by atoms with van der Waals surface area (Å²) in [6.45, 7) is 1.29. The summed E-state index contributed by atoms with van der Waals surface area (Å²) in [5, 5.41) is 3.27. The number of benzene rings is 2. The average Bonchev–Trinajstić information content (AvgIpc) is 2.38. The molecule has 2 nitrogen and oxygen atoms in total. The summed E-state index contributed by atoms with van der Waals surface area (Å²) in [5.41, 5.74) is 3.17. The molecular weight excluding hydrogens is 309 g/mol. The molecule has 2 aromatic carbocycles. The first-order chi connectivity index (χ1) is 9.19. The van der Waals surface area contributed by atoms with Crippen molar-refractivity contribution >= 4 is 21.6 Å². The molecule has 4 heteroatoms. The Bertz CT molecular complexity index is 560. The summed E-state index contributed by atoms with van der Waals surface area (Å²) in [6, 6.07) is 12.8. The van der Waals surface area contributed by atoms with Crippen molar-refractivity contribution in [2.45, 2.75) is 13.2 Å². The number of anilines is 1. The predicted octanol–water partition coefficient (Wildman–Crippen LogP) is 4.35. The third-order valence-electron chi connectivity index (χ3n) is 2.72. The van der Waals surface area contributed by atoms with Gasteiger partial charge in [0.15, 0.2) is 0 Å². The van der Waals surface area contributed by atoms with E-state index >= 15 is 0 Å². The summed E-state index contributed by atoms with van der Waals surface area (Å²) in [5.74, 6) is -0.250. The van der Waals surface area contributed by atoms with E-state index in [9.17, 15) is 4.39 Å². The Morgan fingerprint density at radius 2 is 1.95 bits per heavy atom. The van der Waals surface area contributed by atoms with Gasteiger partial charge in [-0.15, -0.1) is 0 Å². The van der Waals surface area contributed by atoms with E-state index < -0.39 is 0 Å². The van der Waals surface area contributed by atoms with Gasteiger partial charge in [0, 0.05) is 23.8 Å². The summed E-state index contributed by atoms with van der Waals surface area (Å²) >= 11 is 3.34. The van der Waals surface area contributed by atoms with Gasteiger partial charge in [0.2, 0.25) is 0 Å².